The number of hydrogen-bond donors (Lipinski definition) is 2. The molecule has 21 heavy (non-hydrogen) atoms. The zero-order valence-corrected chi connectivity index (χ0v) is 14.4. The third-order valence-electron chi connectivity index (χ3n) is 3.72. The van der Waals surface area contributed by atoms with Gasteiger partial charge in [-0.05, 0) is 37.3 Å². The van der Waals surface area contributed by atoms with E-state index in [1.54, 1.807) is 26.0 Å². The van der Waals surface area contributed by atoms with Crippen LogP contribution in [0.3, 0.4) is 0 Å². The van der Waals surface area contributed by atoms with Gasteiger partial charge in [-0.1, -0.05) is 13.0 Å². The third-order valence-corrected chi connectivity index (χ3v) is 4.89. The zero-order chi connectivity index (χ0) is 15.8. The molecule has 0 aromatic heterocycles. The van der Waals surface area contributed by atoms with Crippen molar-refractivity contribution in [3.8, 4) is 11.5 Å². The minimum Gasteiger partial charge on any atom is -0.493 e. The topological polar surface area (TPSA) is 50.7 Å². The normalized spacial score (nSPS) is 15.3. The number of hydrogen-bond acceptors (Lipinski definition) is 5. The molecule has 3 atom stereocenters. The van der Waals surface area contributed by atoms with Crippen LogP contribution in [0.4, 0.5) is 0 Å². The zero-order valence-electron chi connectivity index (χ0n) is 13.6. The summed E-state index contributed by atoms with van der Waals surface area (Å²) in [4.78, 5) is 0. The summed E-state index contributed by atoms with van der Waals surface area (Å²) in [5.74, 6) is 1.48. The van der Waals surface area contributed by atoms with Crippen molar-refractivity contribution >= 4 is 11.8 Å². The van der Waals surface area contributed by atoms with E-state index in [4.69, 9.17) is 9.47 Å². The van der Waals surface area contributed by atoms with Crippen LogP contribution in [0.2, 0.25) is 0 Å². The van der Waals surface area contributed by atoms with Crippen LogP contribution in [0.15, 0.2) is 18.2 Å². The Kier molecular flexibility index (Phi) is 7.93. The highest BCUT2D eigenvalue weighted by molar-refractivity contribution is 7.99. The van der Waals surface area contributed by atoms with Crippen molar-refractivity contribution in [1.82, 2.24) is 5.32 Å². The van der Waals surface area contributed by atoms with Crippen LogP contribution in [0, 0.1) is 0 Å². The number of aliphatic hydroxyl groups is 1. The lowest BCUT2D eigenvalue weighted by Crippen LogP contribution is -2.39. The van der Waals surface area contributed by atoms with Crippen molar-refractivity contribution in [3.05, 3.63) is 23.8 Å². The Labute approximate surface area is 132 Å². The van der Waals surface area contributed by atoms with Crippen molar-refractivity contribution in [2.24, 2.45) is 0 Å². The maximum absolute atomic E-state index is 9.41. The second-order valence-corrected chi connectivity index (χ2v) is 6.06. The lowest BCUT2D eigenvalue weighted by Gasteiger charge is -2.27. The van der Waals surface area contributed by atoms with E-state index in [9.17, 15) is 5.11 Å². The van der Waals surface area contributed by atoms with E-state index in [1.165, 1.54) is 5.56 Å². The summed E-state index contributed by atoms with van der Waals surface area (Å²) in [7, 11) is 3.29. The number of ether oxygens (including phenoxy) is 2. The minimum absolute atomic E-state index is 0.178. The van der Waals surface area contributed by atoms with Gasteiger partial charge in [0.25, 0.3) is 0 Å². The van der Waals surface area contributed by atoms with Crippen molar-refractivity contribution in [1.29, 1.82) is 0 Å². The van der Waals surface area contributed by atoms with Gasteiger partial charge in [0.2, 0.25) is 0 Å². The highest BCUT2D eigenvalue weighted by atomic mass is 32.2. The summed E-state index contributed by atoms with van der Waals surface area (Å²) in [5.41, 5.74) is 1.17. The molecule has 0 aliphatic rings. The molecule has 0 radical (unpaired) electrons. The van der Waals surface area contributed by atoms with E-state index in [-0.39, 0.29) is 23.9 Å². The largest absolute Gasteiger partial charge is 0.493 e. The van der Waals surface area contributed by atoms with E-state index >= 15 is 0 Å². The van der Waals surface area contributed by atoms with Crippen molar-refractivity contribution in [2.75, 3.05) is 27.1 Å². The molecular formula is C16H27NO3S. The van der Waals surface area contributed by atoms with Crippen LogP contribution in [0.1, 0.15) is 31.9 Å². The molecule has 120 valence electrons. The Balaban J connectivity index is 2.89. The van der Waals surface area contributed by atoms with Gasteiger partial charge >= 0.3 is 0 Å². The Morgan fingerprint density at radius 3 is 2.38 bits per heavy atom. The smallest absolute Gasteiger partial charge is 0.161 e. The summed E-state index contributed by atoms with van der Waals surface area (Å²) in [6, 6.07) is 6.45. The van der Waals surface area contributed by atoms with Gasteiger partial charge in [-0.15, -0.1) is 0 Å². The fourth-order valence-electron chi connectivity index (χ4n) is 2.38. The molecule has 2 N–H and O–H groups in total. The lowest BCUT2D eigenvalue weighted by atomic mass is 10.0. The molecule has 1 aromatic rings. The molecule has 5 heteroatoms. The number of rotatable bonds is 9. The SMILES string of the molecule is CCC(NC(C)C(CO)SC)c1ccc(OC)c(OC)c1. The predicted octanol–water partition coefficient (Wildman–Crippen LogP) is 2.86. The van der Waals surface area contributed by atoms with Gasteiger partial charge in [0.1, 0.15) is 0 Å². The fraction of sp³-hybridized carbons (Fsp3) is 0.625. The predicted molar refractivity (Wildman–Crippen MR) is 89.6 cm³/mol. The Bertz CT molecular complexity index is 424. The van der Waals surface area contributed by atoms with Crippen LogP contribution in [0.25, 0.3) is 0 Å². The molecule has 3 unspecified atom stereocenters. The van der Waals surface area contributed by atoms with Gasteiger partial charge in [0.05, 0.1) is 20.8 Å². The lowest BCUT2D eigenvalue weighted by molar-refractivity contribution is 0.269. The average Bonchev–Trinajstić information content (AvgIpc) is 2.53. The summed E-state index contributed by atoms with van der Waals surface area (Å²) >= 11 is 1.68. The quantitative estimate of drug-likeness (QED) is 0.734. The van der Waals surface area contributed by atoms with Crippen molar-refractivity contribution in [2.45, 2.75) is 37.6 Å². The molecule has 0 aliphatic heterocycles. The Morgan fingerprint density at radius 1 is 1.24 bits per heavy atom. The van der Waals surface area contributed by atoms with Crippen molar-refractivity contribution < 1.29 is 14.6 Å². The molecule has 4 nitrogen and oxygen atoms in total. The Morgan fingerprint density at radius 2 is 1.90 bits per heavy atom. The fourth-order valence-corrected chi connectivity index (χ4v) is 3.02. The molecule has 0 saturated carbocycles. The minimum atomic E-state index is 0.178. The van der Waals surface area contributed by atoms with Crippen LogP contribution in [0.5, 0.6) is 11.5 Å². The van der Waals surface area contributed by atoms with Gasteiger partial charge in [-0.2, -0.15) is 11.8 Å². The first-order valence-corrected chi connectivity index (χ1v) is 8.51. The molecule has 1 aromatic carbocycles. The number of nitrogens with one attached hydrogen (secondary N) is 1. The van der Waals surface area contributed by atoms with Gasteiger partial charge in [0, 0.05) is 17.3 Å². The van der Waals surface area contributed by atoms with E-state index in [1.807, 2.05) is 18.4 Å². The molecule has 0 bridgehead atoms. The second-order valence-electron chi connectivity index (χ2n) is 4.99. The molecule has 0 spiro atoms. The number of benzene rings is 1. The molecule has 0 amide bonds. The Hall–Kier alpha value is -0.910. The van der Waals surface area contributed by atoms with Gasteiger partial charge < -0.3 is 19.9 Å². The van der Waals surface area contributed by atoms with E-state index in [0.717, 1.165) is 17.9 Å². The van der Waals surface area contributed by atoms with E-state index in [2.05, 4.69) is 25.2 Å². The van der Waals surface area contributed by atoms with Crippen molar-refractivity contribution in [3.63, 3.8) is 0 Å². The van der Waals surface area contributed by atoms with E-state index in [0.29, 0.717) is 0 Å². The number of thioether (sulfide) groups is 1. The van der Waals surface area contributed by atoms with Crippen LogP contribution in [-0.2, 0) is 0 Å². The first-order valence-electron chi connectivity index (χ1n) is 7.22. The first kappa shape index (κ1) is 18.1. The van der Waals surface area contributed by atoms with Gasteiger partial charge in [0.15, 0.2) is 11.5 Å². The molecule has 0 heterocycles. The summed E-state index contributed by atoms with van der Waals surface area (Å²) in [5, 5.41) is 13.2. The maximum atomic E-state index is 9.41. The first-order chi connectivity index (χ1) is 10.1. The van der Waals surface area contributed by atoms with Crippen LogP contribution >= 0.6 is 11.8 Å². The summed E-state index contributed by atoms with van der Waals surface area (Å²) in [6.07, 6.45) is 2.99. The number of methoxy groups -OCH3 is 2. The molecule has 0 saturated heterocycles. The molecule has 1 rings (SSSR count). The third kappa shape index (κ3) is 4.80. The summed E-state index contributed by atoms with van der Waals surface area (Å²) in [6.45, 7) is 4.44. The van der Waals surface area contributed by atoms with E-state index < -0.39 is 0 Å². The standard InChI is InChI=1S/C16H27NO3S/c1-6-13(17-11(2)16(10-18)21-5)12-7-8-14(19-3)15(9-12)20-4/h7-9,11,13,16-18H,6,10H2,1-5H3. The second kappa shape index (κ2) is 9.18. The monoisotopic (exact) mass is 313 g/mol. The maximum Gasteiger partial charge on any atom is 0.161 e. The van der Waals surface area contributed by atoms with Crippen LogP contribution < -0.4 is 14.8 Å². The molecule has 0 fully saturated rings. The average molecular weight is 313 g/mol. The highest BCUT2D eigenvalue weighted by Gasteiger charge is 2.20. The summed E-state index contributed by atoms with van der Waals surface area (Å²) < 4.78 is 10.6. The molecule has 0 aliphatic carbocycles. The number of aliphatic hydroxyl groups excluding tert-OH is 1. The van der Waals surface area contributed by atoms with Gasteiger partial charge in [-0.3, -0.25) is 0 Å². The highest BCUT2D eigenvalue weighted by Crippen LogP contribution is 2.31. The van der Waals surface area contributed by atoms with Crippen LogP contribution in [-0.4, -0.2) is 43.5 Å². The molecular weight excluding hydrogens is 286 g/mol. The van der Waals surface area contributed by atoms with Gasteiger partial charge in [-0.25, -0.2) is 0 Å².